The number of aliphatic hydroxyl groups is 1. The highest BCUT2D eigenvalue weighted by atomic mass is 16.5. The zero-order valence-corrected chi connectivity index (χ0v) is 16.4. The van der Waals surface area contributed by atoms with Gasteiger partial charge in [-0.3, -0.25) is 9.97 Å². The van der Waals surface area contributed by atoms with Gasteiger partial charge in [0, 0.05) is 49.0 Å². The predicted molar refractivity (Wildman–Crippen MR) is 115 cm³/mol. The van der Waals surface area contributed by atoms with Crippen LogP contribution in [0.3, 0.4) is 0 Å². The lowest BCUT2D eigenvalue weighted by Gasteiger charge is -2.12. The number of benzene rings is 1. The van der Waals surface area contributed by atoms with Crippen molar-refractivity contribution < 1.29 is 9.84 Å². The molecule has 0 unspecified atom stereocenters. The summed E-state index contributed by atoms with van der Waals surface area (Å²) < 4.78 is 5.77. The summed E-state index contributed by atoms with van der Waals surface area (Å²) in [6, 6.07) is 15.4. The summed E-state index contributed by atoms with van der Waals surface area (Å²) in [5.41, 5.74) is 3.78. The monoisotopic (exact) mass is 401 g/mol. The lowest BCUT2D eigenvalue weighted by molar-refractivity contribution is 0.171. The molecule has 3 heterocycles. The Hall–Kier alpha value is -3.55. The van der Waals surface area contributed by atoms with Crippen LogP contribution in [0.1, 0.15) is 11.7 Å². The van der Waals surface area contributed by atoms with E-state index >= 15 is 0 Å². The van der Waals surface area contributed by atoms with Crippen LogP contribution in [-0.2, 0) is 0 Å². The summed E-state index contributed by atoms with van der Waals surface area (Å²) in [5.74, 6) is 1.61. The maximum Gasteiger partial charge on any atom is 0.137 e. The molecule has 1 atom stereocenters. The second-order valence-corrected chi connectivity index (χ2v) is 6.76. The van der Waals surface area contributed by atoms with Crippen LogP contribution < -0.4 is 10.1 Å². The first-order valence-corrected chi connectivity index (χ1v) is 9.77. The molecule has 0 saturated heterocycles. The number of imidazole rings is 1. The summed E-state index contributed by atoms with van der Waals surface area (Å²) in [4.78, 5) is 15.8. The minimum absolute atomic E-state index is 0.452. The number of aromatic nitrogens is 4. The fraction of sp³-hybridized carbons (Fsp3) is 0.174. The van der Waals surface area contributed by atoms with Crippen LogP contribution in [0.2, 0.25) is 0 Å². The lowest BCUT2D eigenvalue weighted by Crippen LogP contribution is -2.26. The molecule has 1 aromatic carbocycles. The van der Waals surface area contributed by atoms with Crippen molar-refractivity contribution in [1.82, 2.24) is 25.3 Å². The molecule has 4 aromatic rings. The van der Waals surface area contributed by atoms with Gasteiger partial charge in [0.2, 0.25) is 0 Å². The third-order valence-electron chi connectivity index (χ3n) is 4.65. The Morgan fingerprint density at radius 3 is 2.53 bits per heavy atom. The van der Waals surface area contributed by atoms with Crippen molar-refractivity contribution in [2.24, 2.45) is 0 Å². The number of hydrogen-bond acceptors (Lipinski definition) is 6. The van der Waals surface area contributed by atoms with Gasteiger partial charge in [-0.2, -0.15) is 0 Å². The van der Waals surface area contributed by atoms with E-state index in [0.717, 1.165) is 34.0 Å². The van der Waals surface area contributed by atoms with Crippen molar-refractivity contribution >= 4 is 0 Å². The summed E-state index contributed by atoms with van der Waals surface area (Å²) in [7, 11) is 0. The van der Waals surface area contributed by atoms with E-state index in [1.54, 1.807) is 24.8 Å². The third kappa shape index (κ3) is 5.08. The SMILES string of the molecule is O[C@@H](CNCCOc1ccc(-c2cnc(-c3ccncc3)[nH]2)cc1)c1cccnc1. The lowest BCUT2D eigenvalue weighted by atomic mass is 10.1. The van der Waals surface area contributed by atoms with Gasteiger partial charge in [-0.15, -0.1) is 0 Å². The van der Waals surface area contributed by atoms with Crippen LogP contribution in [0.5, 0.6) is 5.75 Å². The molecular weight excluding hydrogens is 378 g/mol. The van der Waals surface area contributed by atoms with Gasteiger partial charge >= 0.3 is 0 Å². The maximum absolute atomic E-state index is 10.1. The fourth-order valence-electron chi connectivity index (χ4n) is 3.03. The van der Waals surface area contributed by atoms with Crippen molar-refractivity contribution in [3.8, 4) is 28.4 Å². The highest BCUT2D eigenvalue weighted by Gasteiger charge is 2.07. The summed E-state index contributed by atoms with van der Waals surface area (Å²) >= 11 is 0. The number of hydrogen-bond donors (Lipinski definition) is 3. The average molecular weight is 401 g/mol. The third-order valence-corrected chi connectivity index (χ3v) is 4.65. The van der Waals surface area contributed by atoms with Crippen LogP contribution in [-0.4, -0.2) is 44.7 Å². The molecule has 0 saturated carbocycles. The van der Waals surface area contributed by atoms with E-state index in [0.29, 0.717) is 19.7 Å². The number of rotatable bonds is 9. The minimum Gasteiger partial charge on any atom is -0.492 e. The quantitative estimate of drug-likeness (QED) is 0.373. The van der Waals surface area contributed by atoms with Gasteiger partial charge in [0.05, 0.1) is 18.0 Å². The fourth-order valence-corrected chi connectivity index (χ4v) is 3.03. The first-order chi connectivity index (χ1) is 14.8. The number of aromatic amines is 1. The van der Waals surface area contributed by atoms with E-state index < -0.39 is 6.10 Å². The first-order valence-electron chi connectivity index (χ1n) is 9.77. The molecule has 0 aliphatic carbocycles. The van der Waals surface area contributed by atoms with E-state index in [4.69, 9.17) is 4.74 Å². The molecule has 0 radical (unpaired) electrons. The highest BCUT2D eigenvalue weighted by molar-refractivity contribution is 5.64. The highest BCUT2D eigenvalue weighted by Crippen LogP contribution is 2.23. The standard InChI is InChI=1S/C23H23N5O2/c29-22(19-2-1-9-25-14-19)16-26-12-13-30-20-5-3-17(4-6-20)21-15-27-23(28-21)18-7-10-24-11-8-18/h1-11,14-15,22,26,29H,12-13,16H2,(H,27,28)/t22-/m0/s1. The second kappa shape index (κ2) is 9.78. The van der Waals surface area contributed by atoms with Crippen molar-refractivity contribution in [2.75, 3.05) is 19.7 Å². The summed E-state index contributed by atoms with van der Waals surface area (Å²) in [6.07, 6.45) is 8.10. The van der Waals surface area contributed by atoms with E-state index in [-0.39, 0.29) is 0 Å². The molecule has 7 nitrogen and oxygen atoms in total. The molecule has 4 rings (SSSR count). The number of nitrogens with zero attached hydrogens (tertiary/aromatic N) is 3. The first kappa shape index (κ1) is 19.8. The molecule has 0 fully saturated rings. The number of pyridine rings is 2. The Morgan fingerprint density at radius 1 is 0.933 bits per heavy atom. The largest absolute Gasteiger partial charge is 0.492 e. The Labute approximate surface area is 174 Å². The van der Waals surface area contributed by atoms with Crippen LogP contribution in [0, 0.1) is 0 Å². The van der Waals surface area contributed by atoms with Crippen molar-refractivity contribution in [1.29, 1.82) is 0 Å². The molecule has 0 aliphatic rings. The Kier molecular flexibility index (Phi) is 6.44. The van der Waals surface area contributed by atoms with Gasteiger partial charge in [-0.1, -0.05) is 6.07 Å². The minimum atomic E-state index is -0.579. The smallest absolute Gasteiger partial charge is 0.137 e. The van der Waals surface area contributed by atoms with Gasteiger partial charge in [-0.05, 0) is 48.0 Å². The van der Waals surface area contributed by atoms with Crippen molar-refractivity contribution in [3.05, 3.63) is 85.1 Å². The van der Waals surface area contributed by atoms with E-state index in [2.05, 4.69) is 25.3 Å². The number of aliphatic hydroxyl groups excluding tert-OH is 1. The van der Waals surface area contributed by atoms with Crippen molar-refractivity contribution in [2.45, 2.75) is 6.10 Å². The number of nitrogens with one attached hydrogen (secondary N) is 2. The van der Waals surface area contributed by atoms with E-state index in [1.165, 1.54) is 0 Å². The molecule has 0 spiro atoms. The van der Waals surface area contributed by atoms with Crippen LogP contribution >= 0.6 is 0 Å². The Balaban J connectivity index is 1.24. The predicted octanol–water partition coefficient (Wildman–Crippen LogP) is 3.24. The van der Waals surface area contributed by atoms with Gasteiger partial charge in [0.15, 0.2) is 0 Å². The normalized spacial score (nSPS) is 11.9. The number of ether oxygens (including phenoxy) is 1. The van der Waals surface area contributed by atoms with Crippen molar-refractivity contribution in [3.63, 3.8) is 0 Å². The Morgan fingerprint density at radius 2 is 1.77 bits per heavy atom. The molecule has 3 aromatic heterocycles. The molecule has 0 bridgehead atoms. The molecule has 7 heteroatoms. The van der Waals surface area contributed by atoms with Gasteiger partial charge < -0.3 is 20.1 Å². The van der Waals surface area contributed by atoms with Gasteiger partial charge in [0.1, 0.15) is 18.2 Å². The molecular formula is C23H23N5O2. The summed E-state index contributed by atoms with van der Waals surface area (Å²) in [5, 5.41) is 13.3. The zero-order valence-electron chi connectivity index (χ0n) is 16.4. The van der Waals surface area contributed by atoms with Gasteiger partial charge in [0.25, 0.3) is 0 Å². The topological polar surface area (TPSA) is 96.0 Å². The molecule has 3 N–H and O–H groups in total. The van der Waals surface area contributed by atoms with E-state index in [9.17, 15) is 5.11 Å². The maximum atomic E-state index is 10.1. The van der Waals surface area contributed by atoms with Crippen LogP contribution in [0.15, 0.2) is 79.5 Å². The molecule has 0 amide bonds. The zero-order chi connectivity index (χ0) is 20.6. The summed E-state index contributed by atoms with van der Waals surface area (Å²) in [6.45, 7) is 1.60. The molecule has 30 heavy (non-hydrogen) atoms. The van der Waals surface area contributed by atoms with Crippen LogP contribution in [0.25, 0.3) is 22.6 Å². The second-order valence-electron chi connectivity index (χ2n) is 6.76. The molecule has 0 aliphatic heterocycles. The molecule has 152 valence electrons. The Bertz CT molecular complexity index is 1040. The van der Waals surface area contributed by atoms with E-state index in [1.807, 2.05) is 54.7 Å². The van der Waals surface area contributed by atoms with Crippen LogP contribution in [0.4, 0.5) is 0 Å². The number of H-pyrrole nitrogens is 1. The average Bonchev–Trinajstić information content (AvgIpc) is 3.31. The van der Waals surface area contributed by atoms with Gasteiger partial charge in [-0.25, -0.2) is 4.98 Å².